The van der Waals surface area contributed by atoms with Gasteiger partial charge in [-0.05, 0) is 12.1 Å². The molecular weight excluding hydrogens is 268 g/mol. The van der Waals surface area contributed by atoms with E-state index in [4.69, 9.17) is 4.74 Å². The monoisotopic (exact) mass is 286 g/mol. The van der Waals surface area contributed by atoms with Crippen molar-refractivity contribution >= 4 is 11.6 Å². The molecule has 1 amide bonds. The average Bonchev–Trinajstić information content (AvgIpc) is 2.91. The molecular formula is C15H18N4O2. The molecule has 0 fully saturated rings. The number of carbonyl (C=O) groups excluding carboxylic acids is 1. The molecule has 21 heavy (non-hydrogen) atoms. The molecule has 6 heteroatoms. The van der Waals surface area contributed by atoms with Crippen LogP contribution < -0.4 is 10.1 Å². The highest BCUT2D eigenvalue weighted by molar-refractivity contribution is 5.83. The molecule has 0 saturated heterocycles. The Balaban J connectivity index is 1.66. The van der Waals surface area contributed by atoms with Crippen LogP contribution in [0.5, 0.6) is 5.75 Å². The number of anilines is 1. The summed E-state index contributed by atoms with van der Waals surface area (Å²) in [6.45, 7) is 1.00. The lowest BCUT2D eigenvalue weighted by Crippen LogP contribution is -2.45. The molecule has 0 spiro atoms. The highest BCUT2D eigenvalue weighted by Gasteiger charge is 2.28. The third-order valence-corrected chi connectivity index (χ3v) is 3.46. The normalized spacial score (nSPS) is 16.6. The Labute approximate surface area is 123 Å². The third-order valence-electron chi connectivity index (χ3n) is 3.46. The van der Waals surface area contributed by atoms with Gasteiger partial charge in [0.1, 0.15) is 5.75 Å². The maximum absolute atomic E-state index is 12.5. The van der Waals surface area contributed by atoms with Crippen molar-refractivity contribution in [2.24, 2.45) is 7.05 Å². The van der Waals surface area contributed by atoms with Crippen LogP contribution in [-0.4, -0.2) is 40.3 Å². The summed E-state index contributed by atoms with van der Waals surface area (Å²) in [5.74, 6) is 0.678. The molecule has 2 aromatic rings. The van der Waals surface area contributed by atoms with Gasteiger partial charge in [-0.15, -0.1) is 0 Å². The topological polar surface area (TPSA) is 59.4 Å². The first-order valence-electron chi connectivity index (χ1n) is 6.85. The summed E-state index contributed by atoms with van der Waals surface area (Å²) >= 11 is 0. The van der Waals surface area contributed by atoms with Crippen LogP contribution in [-0.2, 0) is 18.4 Å². The Hall–Kier alpha value is -2.50. The zero-order chi connectivity index (χ0) is 14.8. The van der Waals surface area contributed by atoms with Gasteiger partial charge in [0, 0.05) is 32.4 Å². The molecule has 0 saturated carbocycles. The van der Waals surface area contributed by atoms with Crippen LogP contribution in [0.15, 0.2) is 36.7 Å². The molecule has 1 aromatic heterocycles. The summed E-state index contributed by atoms with van der Waals surface area (Å²) in [7, 11) is 3.63. The Morgan fingerprint density at radius 1 is 1.52 bits per heavy atom. The van der Waals surface area contributed by atoms with Gasteiger partial charge in [-0.3, -0.25) is 9.48 Å². The van der Waals surface area contributed by atoms with E-state index in [1.807, 2.05) is 37.5 Å². The number of aryl methyl sites for hydroxylation is 1. The predicted octanol–water partition coefficient (Wildman–Crippen LogP) is 1.25. The smallest absolute Gasteiger partial charge is 0.265 e. The Morgan fingerprint density at radius 3 is 3.10 bits per heavy atom. The summed E-state index contributed by atoms with van der Waals surface area (Å²) in [5.41, 5.74) is 1.92. The van der Waals surface area contributed by atoms with E-state index in [-0.39, 0.29) is 5.91 Å². The van der Waals surface area contributed by atoms with Crippen molar-refractivity contribution in [3.8, 4) is 5.75 Å². The van der Waals surface area contributed by atoms with E-state index in [0.717, 1.165) is 17.0 Å². The molecule has 1 aliphatic heterocycles. The summed E-state index contributed by atoms with van der Waals surface area (Å²) < 4.78 is 7.51. The minimum absolute atomic E-state index is 0.0409. The van der Waals surface area contributed by atoms with Crippen LogP contribution in [0.25, 0.3) is 0 Å². The molecule has 1 N–H and O–H groups in total. The van der Waals surface area contributed by atoms with E-state index in [0.29, 0.717) is 13.1 Å². The highest BCUT2D eigenvalue weighted by atomic mass is 16.5. The SMILES string of the molecule is CN(Cc1cnn(C)c1)C(=O)C1CNc2ccccc2O1. The maximum Gasteiger partial charge on any atom is 0.265 e. The fraction of sp³-hybridized carbons (Fsp3) is 0.333. The lowest BCUT2D eigenvalue weighted by molar-refractivity contribution is -0.137. The molecule has 1 aromatic carbocycles. The summed E-state index contributed by atoms with van der Waals surface area (Å²) in [4.78, 5) is 14.1. The number of hydrogen-bond donors (Lipinski definition) is 1. The molecule has 0 aliphatic carbocycles. The number of carbonyl (C=O) groups is 1. The first-order chi connectivity index (χ1) is 10.1. The zero-order valence-corrected chi connectivity index (χ0v) is 12.1. The summed E-state index contributed by atoms with van der Waals surface area (Å²) in [5, 5.41) is 7.33. The molecule has 1 atom stereocenters. The van der Waals surface area contributed by atoms with E-state index in [1.54, 1.807) is 22.8 Å². The van der Waals surface area contributed by atoms with Gasteiger partial charge in [0.05, 0.1) is 18.4 Å². The van der Waals surface area contributed by atoms with Gasteiger partial charge in [-0.1, -0.05) is 12.1 Å². The fourth-order valence-electron chi connectivity index (χ4n) is 2.40. The van der Waals surface area contributed by atoms with E-state index in [2.05, 4.69) is 10.4 Å². The molecule has 1 unspecified atom stereocenters. The second-order valence-electron chi connectivity index (χ2n) is 5.20. The van der Waals surface area contributed by atoms with Gasteiger partial charge in [-0.2, -0.15) is 5.10 Å². The Kier molecular flexibility index (Phi) is 3.51. The van der Waals surface area contributed by atoms with Crippen LogP contribution in [0.1, 0.15) is 5.56 Å². The first kappa shape index (κ1) is 13.5. The lowest BCUT2D eigenvalue weighted by atomic mass is 10.2. The lowest BCUT2D eigenvalue weighted by Gasteiger charge is -2.29. The van der Waals surface area contributed by atoms with Crippen LogP contribution >= 0.6 is 0 Å². The molecule has 0 bridgehead atoms. The van der Waals surface area contributed by atoms with Crippen molar-refractivity contribution in [2.75, 3.05) is 18.9 Å². The van der Waals surface area contributed by atoms with Gasteiger partial charge >= 0.3 is 0 Å². The molecule has 2 heterocycles. The zero-order valence-electron chi connectivity index (χ0n) is 12.1. The number of para-hydroxylation sites is 2. The number of nitrogens with one attached hydrogen (secondary N) is 1. The second-order valence-corrected chi connectivity index (χ2v) is 5.20. The number of likely N-dealkylation sites (N-methyl/N-ethyl adjacent to an activating group) is 1. The average molecular weight is 286 g/mol. The van der Waals surface area contributed by atoms with Crippen LogP contribution in [0.4, 0.5) is 5.69 Å². The predicted molar refractivity (Wildman–Crippen MR) is 79.0 cm³/mol. The number of aromatic nitrogens is 2. The van der Waals surface area contributed by atoms with Crippen molar-refractivity contribution in [2.45, 2.75) is 12.6 Å². The van der Waals surface area contributed by atoms with Crippen LogP contribution in [0.2, 0.25) is 0 Å². The van der Waals surface area contributed by atoms with Gasteiger partial charge in [0.15, 0.2) is 6.10 Å². The minimum Gasteiger partial charge on any atom is -0.477 e. The van der Waals surface area contributed by atoms with Crippen molar-refractivity contribution in [3.63, 3.8) is 0 Å². The Bertz CT molecular complexity index is 653. The number of fused-ring (bicyclic) bond motifs is 1. The molecule has 3 rings (SSSR count). The molecule has 0 radical (unpaired) electrons. The van der Waals surface area contributed by atoms with E-state index < -0.39 is 6.10 Å². The number of ether oxygens (including phenoxy) is 1. The number of amides is 1. The van der Waals surface area contributed by atoms with Crippen molar-refractivity contribution < 1.29 is 9.53 Å². The molecule has 1 aliphatic rings. The molecule has 6 nitrogen and oxygen atoms in total. The number of benzene rings is 1. The largest absolute Gasteiger partial charge is 0.477 e. The van der Waals surface area contributed by atoms with Crippen molar-refractivity contribution in [3.05, 3.63) is 42.2 Å². The van der Waals surface area contributed by atoms with Crippen LogP contribution in [0.3, 0.4) is 0 Å². The fourth-order valence-corrected chi connectivity index (χ4v) is 2.40. The van der Waals surface area contributed by atoms with Gasteiger partial charge < -0.3 is 15.0 Å². The highest BCUT2D eigenvalue weighted by Crippen LogP contribution is 2.28. The van der Waals surface area contributed by atoms with E-state index in [9.17, 15) is 4.79 Å². The first-order valence-corrected chi connectivity index (χ1v) is 6.85. The third kappa shape index (κ3) is 2.84. The van der Waals surface area contributed by atoms with E-state index in [1.165, 1.54) is 0 Å². The van der Waals surface area contributed by atoms with Crippen molar-refractivity contribution in [1.29, 1.82) is 0 Å². The Morgan fingerprint density at radius 2 is 2.33 bits per heavy atom. The molecule has 110 valence electrons. The van der Waals surface area contributed by atoms with Gasteiger partial charge in [0.25, 0.3) is 5.91 Å². The van der Waals surface area contributed by atoms with Gasteiger partial charge in [0.2, 0.25) is 0 Å². The van der Waals surface area contributed by atoms with Crippen molar-refractivity contribution in [1.82, 2.24) is 14.7 Å². The minimum atomic E-state index is -0.499. The second kappa shape index (κ2) is 5.47. The maximum atomic E-state index is 12.5. The standard InChI is InChI=1S/C15H18N4O2/c1-18(9-11-7-17-19(2)10-11)15(20)14-8-16-12-5-3-4-6-13(12)21-14/h3-7,10,14,16H,8-9H2,1-2H3. The number of rotatable bonds is 3. The quantitative estimate of drug-likeness (QED) is 0.922. The number of hydrogen-bond acceptors (Lipinski definition) is 4. The summed E-state index contributed by atoms with van der Waals surface area (Å²) in [6, 6.07) is 7.64. The van der Waals surface area contributed by atoms with Gasteiger partial charge in [-0.25, -0.2) is 0 Å². The van der Waals surface area contributed by atoms with E-state index >= 15 is 0 Å². The van der Waals surface area contributed by atoms with Crippen LogP contribution in [0, 0.1) is 0 Å². The summed E-state index contributed by atoms with van der Waals surface area (Å²) in [6.07, 6.45) is 3.17. The number of nitrogens with zero attached hydrogens (tertiary/aromatic N) is 3.